The number of aliphatic hydroxyl groups is 1. The third kappa shape index (κ3) is 4.41. The van der Waals surface area contributed by atoms with Gasteiger partial charge in [0.05, 0.1) is 38.1 Å². The van der Waals surface area contributed by atoms with Crippen molar-refractivity contribution >= 4 is 28.4 Å². The van der Waals surface area contributed by atoms with Gasteiger partial charge in [-0.15, -0.1) is 5.10 Å². The lowest BCUT2D eigenvalue weighted by Gasteiger charge is -2.38. The molecule has 0 radical (unpaired) electrons. The summed E-state index contributed by atoms with van der Waals surface area (Å²) in [6.07, 6.45) is 2.84. The van der Waals surface area contributed by atoms with Gasteiger partial charge >= 0.3 is 0 Å². The van der Waals surface area contributed by atoms with Gasteiger partial charge in [0, 0.05) is 18.3 Å². The zero-order valence-electron chi connectivity index (χ0n) is 19.7. The summed E-state index contributed by atoms with van der Waals surface area (Å²) in [5, 5.41) is 15.9. The molecular formula is C23H23F4N7O3. The van der Waals surface area contributed by atoms with Crippen LogP contribution in [0.15, 0.2) is 30.7 Å². The maximum atomic E-state index is 14.8. The van der Waals surface area contributed by atoms with Gasteiger partial charge in [0.25, 0.3) is 5.92 Å². The number of aromatic nitrogens is 5. The van der Waals surface area contributed by atoms with Crippen LogP contribution >= 0.6 is 0 Å². The molecular weight excluding hydrogens is 498 g/mol. The van der Waals surface area contributed by atoms with E-state index in [2.05, 4.69) is 20.4 Å². The molecule has 1 amide bonds. The van der Waals surface area contributed by atoms with Crippen LogP contribution in [-0.4, -0.2) is 85.5 Å². The highest BCUT2D eigenvalue weighted by atomic mass is 19.3. The largest absolute Gasteiger partial charge is 0.479 e. The molecule has 0 spiro atoms. The van der Waals surface area contributed by atoms with E-state index >= 15 is 0 Å². The van der Waals surface area contributed by atoms with Crippen molar-refractivity contribution in [1.82, 2.24) is 29.0 Å². The number of hydrogen-bond acceptors (Lipinski definition) is 7. The van der Waals surface area contributed by atoms with Crippen molar-refractivity contribution in [2.24, 2.45) is 0 Å². The molecule has 1 aliphatic rings. The fourth-order valence-electron chi connectivity index (χ4n) is 4.56. The number of aliphatic hydroxyl groups excluding tert-OH is 1. The number of carbonyl (C=O) groups is 1. The third-order valence-corrected chi connectivity index (χ3v) is 6.38. The first-order valence-corrected chi connectivity index (χ1v) is 11.4. The Kier molecular flexibility index (Phi) is 6.35. The number of anilines is 1. The first-order valence-electron chi connectivity index (χ1n) is 11.4. The minimum absolute atomic E-state index is 0.0229. The smallest absolute Gasteiger partial charge is 0.285 e. The molecule has 1 saturated heterocycles. The van der Waals surface area contributed by atoms with Crippen molar-refractivity contribution < 1.29 is 32.2 Å². The number of aryl methyl sites for hydroxylation is 1. The van der Waals surface area contributed by atoms with Gasteiger partial charge in [0.1, 0.15) is 24.3 Å². The number of likely N-dealkylation sites (tertiary alicyclic amines) is 1. The fraction of sp³-hybridized carbons (Fsp3) is 0.391. The maximum Gasteiger partial charge on any atom is 0.285 e. The third-order valence-electron chi connectivity index (χ3n) is 6.38. The number of hydrogen-bond donors (Lipinski definition) is 2. The van der Waals surface area contributed by atoms with Gasteiger partial charge in [-0.1, -0.05) is 0 Å². The molecule has 0 saturated carbocycles. The topological polar surface area (TPSA) is 110 Å². The van der Waals surface area contributed by atoms with Gasteiger partial charge in [-0.05, 0) is 30.2 Å². The number of ether oxygens (including phenoxy) is 1. The molecule has 10 nitrogen and oxygen atoms in total. The number of amides is 1. The number of nitrogens with zero attached hydrogens (tertiary/aromatic N) is 6. The number of imidazole rings is 1. The van der Waals surface area contributed by atoms with Crippen LogP contribution < -0.4 is 10.1 Å². The van der Waals surface area contributed by atoms with E-state index in [1.54, 1.807) is 18.3 Å². The van der Waals surface area contributed by atoms with Crippen LogP contribution in [0.4, 0.5) is 23.5 Å². The summed E-state index contributed by atoms with van der Waals surface area (Å²) in [4.78, 5) is 20.8. The molecule has 0 bridgehead atoms. The van der Waals surface area contributed by atoms with Crippen molar-refractivity contribution in [1.29, 1.82) is 0 Å². The highest BCUT2D eigenvalue weighted by Crippen LogP contribution is 2.35. The average molecular weight is 521 g/mol. The lowest BCUT2D eigenvalue weighted by atomic mass is 10.0. The van der Waals surface area contributed by atoms with E-state index in [1.165, 1.54) is 28.6 Å². The molecule has 4 heterocycles. The Morgan fingerprint density at radius 1 is 1.35 bits per heavy atom. The Hall–Kier alpha value is -3.94. The first-order chi connectivity index (χ1) is 17.7. The summed E-state index contributed by atoms with van der Waals surface area (Å²) in [6, 6.07) is 3.25. The van der Waals surface area contributed by atoms with Gasteiger partial charge in [-0.25, -0.2) is 27.1 Å². The Labute approximate surface area is 207 Å². The Morgan fingerprint density at radius 2 is 2.16 bits per heavy atom. The van der Waals surface area contributed by atoms with E-state index < -0.39 is 43.5 Å². The standard InChI is InChI=1S/C23H23F4N7O3/c1-37-21-20-14(13-8-15(25)19-16(9-13)33(7-4-24)12-28-19)2-6-34(20)31-22(30-21)29-17-3-5-32(18(36)10-35)11-23(17,26)27/h2,6,8-9,12,17,35H,3-5,7,10-11H2,1H3,(H,29,31)/t17-/m1/s1. The van der Waals surface area contributed by atoms with E-state index in [4.69, 9.17) is 9.84 Å². The second-order valence-corrected chi connectivity index (χ2v) is 8.64. The van der Waals surface area contributed by atoms with Crippen molar-refractivity contribution in [3.05, 3.63) is 36.5 Å². The zero-order valence-corrected chi connectivity index (χ0v) is 19.7. The van der Waals surface area contributed by atoms with Crippen LogP contribution in [-0.2, 0) is 11.3 Å². The normalized spacial score (nSPS) is 17.5. The van der Waals surface area contributed by atoms with Gasteiger partial charge in [0.2, 0.25) is 17.7 Å². The van der Waals surface area contributed by atoms with E-state index in [-0.39, 0.29) is 36.9 Å². The monoisotopic (exact) mass is 521 g/mol. The number of carbonyl (C=O) groups excluding carboxylic acids is 1. The molecule has 14 heteroatoms. The number of alkyl halides is 3. The summed E-state index contributed by atoms with van der Waals surface area (Å²) in [5.74, 6) is -4.71. The predicted molar refractivity (Wildman–Crippen MR) is 125 cm³/mol. The highest BCUT2D eigenvalue weighted by Gasteiger charge is 2.46. The second-order valence-electron chi connectivity index (χ2n) is 8.64. The molecule has 0 unspecified atom stereocenters. The van der Waals surface area contributed by atoms with E-state index in [0.29, 0.717) is 22.2 Å². The molecule has 1 aromatic carbocycles. The minimum atomic E-state index is -3.30. The van der Waals surface area contributed by atoms with Gasteiger partial charge in [0.15, 0.2) is 5.82 Å². The first kappa shape index (κ1) is 24.7. The number of halogens is 4. The van der Waals surface area contributed by atoms with E-state index in [0.717, 1.165) is 4.90 Å². The lowest BCUT2D eigenvalue weighted by molar-refractivity contribution is -0.145. The SMILES string of the molecule is COc1nc(N[C@@H]2CCN(C(=O)CO)CC2(F)F)nn2ccc(-c3cc(F)c4ncn(CCF)c4c3)c12. The summed E-state index contributed by atoms with van der Waals surface area (Å²) < 4.78 is 65.6. The number of methoxy groups -OCH3 is 1. The molecule has 37 heavy (non-hydrogen) atoms. The van der Waals surface area contributed by atoms with Crippen LogP contribution in [0.1, 0.15) is 6.42 Å². The molecule has 1 aliphatic heterocycles. The number of benzene rings is 1. The second kappa shape index (κ2) is 9.50. The number of nitrogens with one attached hydrogen (secondary N) is 1. The van der Waals surface area contributed by atoms with Crippen LogP contribution in [0.5, 0.6) is 5.88 Å². The summed E-state index contributed by atoms with van der Waals surface area (Å²) in [6.45, 7) is -2.26. The average Bonchev–Trinajstić information content (AvgIpc) is 3.49. The molecule has 3 aromatic heterocycles. The molecule has 4 aromatic rings. The van der Waals surface area contributed by atoms with Gasteiger partial charge < -0.3 is 24.6 Å². The van der Waals surface area contributed by atoms with Crippen LogP contribution in [0.2, 0.25) is 0 Å². The number of piperidine rings is 1. The van der Waals surface area contributed by atoms with Crippen LogP contribution in [0, 0.1) is 5.82 Å². The van der Waals surface area contributed by atoms with Gasteiger partial charge in [-0.2, -0.15) is 4.98 Å². The Morgan fingerprint density at radius 3 is 2.86 bits per heavy atom. The maximum absolute atomic E-state index is 14.8. The fourth-order valence-corrected chi connectivity index (χ4v) is 4.56. The van der Waals surface area contributed by atoms with E-state index in [9.17, 15) is 22.4 Å². The Balaban J connectivity index is 1.49. The number of rotatable bonds is 7. The van der Waals surface area contributed by atoms with Crippen molar-refractivity contribution in [3.63, 3.8) is 0 Å². The lowest BCUT2D eigenvalue weighted by Crippen LogP contribution is -2.56. The predicted octanol–water partition coefficient (Wildman–Crippen LogP) is 2.50. The molecule has 1 fully saturated rings. The molecule has 0 aliphatic carbocycles. The van der Waals surface area contributed by atoms with Crippen molar-refractivity contribution in [2.75, 3.05) is 38.8 Å². The Bertz CT molecular complexity index is 1470. The quantitative estimate of drug-likeness (QED) is 0.360. The highest BCUT2D eigenvalue weighted by molar-refractivity contribution is 5.90. The summed E-state index contributed by atoms with van der Waals surface area (Å²) >= 11 is 0. The van der Waals surface area contributed by atoms with Crippen LogP contribution in [0.3, 0.4) is 0 Å². The molecule has 5 rings (SSSR count). The molecule has 196 valence electrons. The zero-order chi connectivity index (χ0) is 26.3. The van der Waals surface area contributed by atoms with Crippen molar-refractivity contribution in [2.45, 2.75) is 24.9 Å². The van der Waals surface area contributed by atoms with E-state index in [1.807, 2.05) is 0 Å². The number of fused-ring (bicyclic) bond motifs is 2. The molecule has 2 N–H and O–H groups in total. The van der Waals surface area contributed by atoms with Crippen LogP contribution in [0.25, 0.3) is 27.7 Å². The minimum Gasteiger partial charge on any atom is -0.479 e. The summed E-state index contributed by atoms with van der Waals surface area (Å²) in [7, 11) is 1.36. The van der Waals surface area contributed by atoms with Gasteiger partial charge in [-0.3, -0.25) is 4.79 Å². The summed E-state index contributed by atoms with van der Waals surface area (Å²) in [5.41, 5.74) is 1.86. The molecule has 1 atom stereocenters. The van der Waals surface area contributed by atoms with Crippen molar-refractivity contribution in [3.8, 4) is 17.0 Å².